The molecular weight excluding hydrogens is 166 g/mol. The number of nitrogens with zero attached hydrogens (tertiary/aromatic N) is 2. The molecule has 0 radical (unpaired) electrons. The van der Waals surface area contributed by atoms with Crippen molar-refractivity contribution in [2.24, 2.45) is 5.92 Å². The quantitative estimate of drug-likeness (QED) is 0.611. The molecule has 1 unspecified atom stereocenters. The van der Waals surface area contributed by atoms with Gasteiger partial charge in [-0.2, -0.15) is 0 Å². The summed E-state index contributed by atoms with van der Waals surface area (Å²) in [7, 11) is 5.58. The Bertz CT molecular complexity index is 176. The molecule has 1 atom stereocenters. The van der Waals surface area contributed by atoms with Crippen molar-refractivity contribution < 1.29 is 4.79 Å². The van der Waals surface area contributed by atoms with Crippen molar-refractivity contribution in [3.63, 3.8) is 0 Å². The van der Waals surface area contributed by atoms with Gasteiger partial charge < -0.3 is 5.32 Å². The summed E-state index contributed by atoms with van der Waals surface area (Å²) in [5.41, 5.74) is 0. The smallest absolute Gasteiger partial charge is 0.240 e. The largest absolute Gasteiger partial charge is 0.316 e. The van der Waals surface area contributed by atoms with Gasteiger partial charge in [-0.1, -0.05) is 0 Å². The number of rotatable bonds is 2. The Kier molecular flexibility index (Phi) is 3.69. The Morgan fingerprint density at radius 2 is 2.08 bits per heavy atom. The van der Waals surface area contributed by atoms with Gasteiger partial charge >= 0.3 is 0 Å². The highest BCUT2D eigenvalue weighted by Gasteiger charge is 2.24. The second kappa shape index (κ2) is 4.58. The molecule has 0 saturated carbocycles. The Morgan fingerprint density at radius 1 is 1.38 bits per heavy atom. The summed E-state index contributed by atoms with van der Waals surface area (Å²) in [5, 5.41) is 6.74. The molecule has 0 spiro atoms. The van der Waals surface area contributed by atoms with Crippen LogP contribution in [0, 0.1) is 5.92 Å². The number of hydrogen-bond donors (Lipinski definition) is 1. The van der Waals surface area contributed by atoms with Gasteiger partial charge in [-0.3, -0.25) is 9.80 Å². The van der Waals surface area contributed by atoms with Crippen molar-refractivity contribution in [1.82, 2.24) is 15.3 Å². The zero-order valence-corrected chi connectivity index (χ0v) is 8.71. The predicted octanol–water partition coefficient (Wildman–Crippen LogP) is -0.0790. The van der Waals surface area contributed by atoms with Gasteiger partial charge in [-0.05, 0) is 19.4 Å². The highest BCUT2D eigenvalue weighted by Crippen LogP contribution is 2.12. The van der Waals surface area contributed by atoms with Gasteiger partial charge in [-0.15, -0.1) is 0 Å². The number of hydrazine groups is 1. The van der Waals surface area contributed by atoms with E-state index in [1.165, 1.54) is 0 Å². The van der Waals surface area contributed by atoms with Crippen molar-refractivity contribution >= 4 is 5.91 Å². The highest BCUT2D eigenvalue weighted by molar-refractivity contribution is 5.78. The fourth-order valence-electron chi connectivity index (χ4n) is 1.52. The molecule has 76 valence electrons. The summed E-state index contributed by atoms with van der Waals surface area (Å²) in [6.07, 6.45) is 2.13. The molecule has 0 aromatic heterocycles. The third-order valence-corrected chi connectivity index (χ3v) is 2.57. The van der Waals surface area contributed by atoms with E-state index in [1.807, 2.05) is 26.2 Å². The van der Waals surface area contributed by atoms with Gasteiger partial charge in [0.05, 0.1) is 5.92 Å². The van der Waals surface area contributed by atoms with Gasteiger partial charge in [-0.25, -0.2) is 5.01 Å². The summed E-state index contributed by atoms with van der Waals surface area (Å²) in [4.78, 5) is 11.8. The summed E-state index contributed by atoms with van der Waals surface area (Å²) in [5.74, 6) is 0.387. The second-order valence-electron chi connectivity index (χ2n) is 3.75. The molecule has 1 aliphatic heterocycles. The first kappa shape index (κ1) is 10.5. The zero-order chi connectivity index (χ0) is 9.84. The molecule has 0 aromatic carbocycles. The second-order valence-corrected chi connectivity index (χ2v) is 3.75. The number of piperidine rings is 1. The predicted molar refractivity (Wildman–Crippen MR) is 52.1 cm³/mol. The maximum Gasteiger partial charge on any atom is 0.240 e. The van der Waals surface area contributed by atoms with Gasteiger partial charge in [0.1, 0.15) is 0 Å². The van der Waals surface area contributed by atoms with Gasteiger partial charge in [0, 0.05) is 27.7 Å². The van der Waals surface area contributed by atoms with Crippen molar-refractivity contribution in [2.45, 2.75) is 12.8 Å². The fraction of sp³-hybridized carbons (Fsp3) is 0.889. The SMILES string of the molecule is CN(C)N(C)C(=O)C1CCCNC1. The number of hydrogen-bond acceptors (Lipinski definition) is 3. The molecule has 13 heavy (non-hydrogen) atoms. The van der Waals surface area contributed by atoms with Crippen LogP contribution >= 0.6 is 0 Å². The zero-order valence-electron chi connectivity index (χ0n) is 8.71. The van der Waals surface area contributed by atoms with E-state index in [9.17, 15) is 4.79 Å². The molecule has 1 rings (SSSR count). The monoisotopic (exact) mass is 185 g/mol. The average Bonchev–Trinajstić information content (AvgIpc) is 2.17. The van der Waals surface area contributed by atoms with Crippen LogP contribution in [0.4, 0.5) is 0 Å². The van der Waals surface area contributed by atoms with Crippen molar-refractivity contribution in [2.75, 3.05) is 34.2 Å². The van der Waals surface area contributed by atoms with E-state index in [-0.39, 0.29) is 11.8 Å². The molecule has 1 fully saturated rings. The summed E-state index contributed by atoms with van der Waals surface area (Å²) >= 11 is 0. The maximum atomic E-state index is 11.8. The number of amides is 1. The first-order valence-electron chi connectivity index (χ1n) is 4.78. The van der Waals surface area contributed by atoms with Crippen LogP contribution in [-0.4, -0.2) is 50.2 Å². The minimum atomic E-state index is 0.168. The van der Waals surface area contributed by atoms with Gasteiger partial charge in [0.25, 0.3) is 0 Å². The molecule has 1 N–H and O–H groups in total. The van der Waals surface area contributed by atoms with Crippen LogP contribution in [-0.2, 0) is 4.79 Å². The molecule has 4 heteroatoms. The van der Waals surface area contributed by atoms with E-state index >= 15 is 0 Å². The van der Waals surface area contributed by atoms with Crippen LogP contribution in [0.5, 0.6) is 0 Å². The number of nitrogens with one attached hydrogen (secondary N) is 1. The topological polar surface area (TPSA) is 35.6 Å². The normalized spacial score (nSPS) is 23.2. The Labute approximate surface area is 79.9 Å². The molecule has 0 bridgehead atoms. The Hall–Kier alpha value is -0.610. The minimum absolute atomic E-state index is 0.168. The van der Waals surface area contributed by atoms with Crippen LogP contribution in [0.3, 0.4) is 0 Å². The lowest BCUT2D eigenvalue weighted by atomic mass is 9.99. The van der Waals surface area contributed by atoms with Crippen LogP contribution in [0.25, 0.3) is 0 Å². The van der Waals surface area contributed by atoms with Crippen molar-refractivity contribution in [1.29, 1.82) is 0 Å². The first-order chi connectivity index (χ1) is 6.13. The lowest BCUT2D eigenvalue weighted by molar-refractivity contribution is -0.146. The van der Waals surface area contributed by atoms with Gasteiger partial charge in [0.15, 0.2) is 0 Å². The van der Waals surface area contributed by atoms with E-state index in [2.05, 4.69) is 5.32 Å². The fourth-order valence-corrected chi connectivity index (χ4v) is 1.52. The summed E-state index contributed by atoms with van der Waals surface area (Å²) < 4.78 is 0. The van der Waals surface area contributed by atoms with E-state index in [0.29, 0.717) is 0 Å². The van der Waals surface area contributed by atoms with Crippen LogP contribution < -0.4 is 5.32 Å². The molecule has 0 aliphatic carbocycles. The average molecular weight is 185 g/mol. The lowest BCUT2D eigenvalue weighted by Gasteiger charge is -2.30. The van der Waals surface area contributed by atoms with E-state index in [0.717, 1.165) is 25.9 Å². The van der Waals surface area contributed by atoms with Crippen LogP contribution in [0.2, 0.25) is 0 Å². The van der Waals surface area contributed by atoms with E-state index < -0.39 is 0 Å². The lowest BCUT2D eigenvalue weighted by Crippen LogP contribution is -2.46. The summed E-state index contributed by atoms with van der Waals surface area (Å²) in [6, 6.07) is 0. The van der Waals surface area contributed by atoms with E-state index in [4.69, 9.17) is 0 Å². The number of carbonyl (C=O) groups excluding carboxylic acids is 1. The third kappa shape index (κ3) is 2.67. The van der Waals surface area contributed by atoms with Crippen molar-refractivity contribution in [3.05, 3.63) is 0 Å². The Balaban J connectivity index is 2.45. The minimum Gasteiger partial charge on any atom is -0.316 e. The Morgan fingerprint density at radius 3 is 2.54 bits per heavy atom. The third-order valence-electron chi connectivity index (χ3n) is 2.57. The standard InChI is InChI=1S/C9H19N3O/c1-11(2)12(3)9(13)8-5-4-6-10-7-8/h8,10H,4-7H2,1-3H3. The van der Waals surface area contributed by atoms with Crippen LogP contribution in [0.1, 0.15) is 12.8 Å². The highest BCUT2D eigenvalue weighted by atomic mass is 16.2. The van der Waals surface area contributed by atoms with E-state index in [1.54, 1.807) is 5.01 Å². The molecule has 0 aromatic rings. The molecule has 1 heterocycles. The molecular formula is C9H19N3O. The number of carbonyl (C=O) groups is 1. The van der Waals surface area contributed by atoms with Crippen molar-refractivity contribution in [3.8, 4) is 0 Å². The summed E-state index contributed by atoms with van der Waals surface area (Å²) in [6.45, 7) is 1.88. The van der Waals surface area contributed by atoms with Crippen LogP contribution in [0.15, 0.2) is 0 Å². The molecule has 1 saturated heterocycles. The molecule has 4 nitrogen and oxygen atoms in total. The first-order valence-corrected chi connectivity index (χ1v) is 4.78. The maximum absolute atomic E-state index is 11.8. The van der Waals surface area contributed by atoms with Gasteiger partial charge in [0.2, 0.25) is 5.91 Å². The molecule has 1 aliphatic rings. The molecule has 1 amide bonds.